The topological polar surface area (TPSA) is 29.3 Å². The highest BCUT2D eigenvalue weighted by atomic mass is 32.1. The zero-order valence-corrected chi connectivity index (χ0v) is 13.5. The van der Waals surface area contributed by atoms with Crippen LogP contribution in [0.4, 0.5) is 10.1 Å². The summed E-state index contributed by atoms with van der Waals surface area (Å²) in [6, 6.07) is 5.89. The maximum Gasteiger partial charge on any atom is 0.126 e. The van der Waals surface area contributed by atoms with Gasteiger partial charge in [-0.25, -0.2) is 4.39 Å². The number of thiophene rings is 1. The van der Waals surface area contributed by atoms with Gasteiger partial charge in [0.1, 0.15) is 5.82 Å². The maximum atomic E-state index is 13.9. The van der Waals surface area contributed by atoms with Crippen LogP contribution in [-0.4, -0.2) is 6.54 Å². The van der Waals surface area contributed by atoms with E-state index in [4.69, 9.17) is 5.73 Å². The average Bonchev–Trinajstić information content (AvgIpc) is 2.91. The number of hydrogen-bond acceptors (Lipinski definition) is 3. The van der Waals surface area contributed by atoms with Gasteiger partial charge in [-0.2, -0.15) is 0 Å². The lowest BCUT2D eigenvalue weighted by molar-refractivity contribution is 0.602. The SMILES string of the molecule is Cc1cc(N2CCc3sccc3C2C)c(C(C)N)cc1F. The van der Waals surface area contributed by atoms with Gasteiger partial charge in [-0.1, -0.05) is 0 Å². The van der Waals surface area contributed by atoms with E-state index in [1.54, 1.807) is 6.07 Å². The number of aryl methyl sites for hydroxylation is 1. The number of nitrogens with zero attached hydrogens (tertiary/aromatic N) is 1. The molecule has 21 heavy (non-hydrogen) atoms. The van der Waals surface area contributed by atoms with Crippen LogP contribution in [0.15, 0.2) is 23.6 Å². The van der Waals surface area contributed by atoms with Crippen molar-refractivity contribution in [3.63, 3.8) is 0 Å². The Kier molecular flexibility index (Phi) is 3.76. The summed E-state index contributed by atoms with van der Waals surface area (Å²) < 4.78 is 13.9. The second-order valence-electron chi connectivity index (χ2n) is 5.87. The van der Waals surface area contributed by atoms with Crippen molar-refractivity contribution in [2.24, 2.45) is 5.73 Å². The van der Waals surface area contributed by atoms with Crippen molar-refractivity contribution in [1.29, 1.82) is 0 Å². The number of nitrogens with two attached hydrogens (primary N) is 1. The van der Waals surface area contributed by atoms with Gasteiger partial charge in [-0.15, -0.1) is 11.3 Å². The van der Waals surface area contributed by atoms with E-state index in [1.807, 2.05) is 31.3 Å². The molecule has 2 nitrogen and oxygen atoms in total. The molecule has 0 aliphatic carbocycles. The van der Waals surface area contributed by atoms with Crippen molar-refractivity contribution in [1.82, 2.24) is 0 Å². The summed E-state index contributed by atoms with van der Waals surface area (Å²) in [5.41, 5.74) is 10.1. The standard InChI is InChI=1S/C17H21FN2S/c1-10-8-16(14(11(2)19)9-15(10)18)20-6-4-17-13(12(20)3)5-7-21-17/h5,7-9,11-12H,4,6,19H2,1-3H3. The van der Waals surface area contributed by atoms with Crippen LogP contribution in [0.5, 0.6) is 0 Å². The minimum Gasteiger partial charge on any atom is -0.364 e. The van der Waals surface area contributed by atoms with Crippen molar-refractivity contribution in [3.05, 3.63) is 51.0 Å². The number of hydrogen-bond donors (Lipinski definition) is 1. The van der Waals surface area contributed by atoms with Gasteiger partial charge >= 0.3 is 0 Å². The smallest absolute Gasteiger partial charge is 0.126 e. The summed E-state index contributed by atoms with van der Waals surface area (Å²) in [5, 5.41) is 2.16. The predicted molar refractivity (Wildman–Crippen MR) is 87.5 cm³/mol. The zero-order valence-electron chi connectivity index (χ0n) is 12.7. The molecular weight excluding hydrogens is 283 g/mol. The Labute approximate surface area is 129 Å². The minimum atomic E-state index is -0.175. The Bertz CT molecular complexity index is 663. The third-order valence-electron chi connectivity index (χ3n) is 4.39. The van der Waals surface area contributed by atoms with Crippen LogP contribution in [0, 0.1) is 12.7 Å². The first-order valence-corrected chi connectivity index (χ1v) is 8.25. The number of fused-ring (bicyclic) bond motifs is 1. The monoisotopic (exact) mass is 304 g/mol. The molecule has 0 bridgehead atoms. The van der Waals surface area contributed by atoms with Gasteiger partial charge in [0.2, 0.25) is 0 Å². The largest absolute Gasteiger partial charge is 0.364 e. The first kappa shape index (κ1) is 14.5. The molecule has 2 atom stereocenters. The lowest BCUT2D eigenvalue weighted by atomic mass is 9.96. The zero-order chi connectivity index (χ0) is 15.1. The molecule has 2 N–H and O–H groups in total. The second-order valence-corrected chi connectivity index (χ2v) is 6.87. The third-order valence-corrected chi connectivity index (χ3v) is 5.38. The molecule has 2 aromatic rings. The highest BCUT2D eigenvalue weighted by Crippen LogP contribution is 2.39. The molecular formula is C17H21FN2S. The fourth-order valence-corrected chi connectivity index (χ4v) is 4.10. The van der Waals surface area contributed by atoms with Crippen molar-refractivity contribution in [2.75, 3.05) is 11.4 Å². The van der Waals surface area contributed by atoms with Gasteiger partial charge in [-0.05, 0) is 67.5 Å². The van der Waals surface area contributed by atoms with Gasteiger partial charge in [-0.3, -0.25) is 0 Å². The van der Waals surface area contributed by atoms with Gasteiger partial charge in [0.05, 0.1) is 6.04 Å². The normalized spacial score (nSPS) is 19.5. The van der Waals surface area contributed by atoms with E-state index in [-0.39, 0.29) is 11.9 Å². The molecule has 3 rings (SSSR count). The fourth-order valence-electron chi connectivity index (χ4n) is 3.13. The van der Waals surface area contributed by atoms with Crippen LogP contribution in [0.3, 0.4) is 0 Å². The van der Waals surface area contributed by atoms with Crippen LogP contribution < -0.4 is 10.6 Å². The van der Waals surface area contributed by atoms with Crippen molar-refractivity contribution in [3.8, 4) is 0 Å². The minimum absolute atomic E-state index is 0.174. The van der Waals surface area contributed by atoms with Crippen LogP contribution in [0.1, 0.15) is 47.5 Å². The van der Waals surface area contributed by atoms with E-state index in [0.717, 1.165) is 24.2 Å². The molecule has 112 valence electrons. The van der Waals surface area contributed by atoms with Crippen molar-refractivity contribution in [2.45, 2.75) is 39.3 Å². The molecule has 0 amide bonds. The molecule has 1 aliphatic heterocycles. The molecule has 1 aromatic carbocycles. The van der Waals surface area contributed by atoms with Gasteiger partial charge in [0.15, 0.2) is 0 Å². The van der Waals surface area contributed by atoms with E-state index in [2.05, 4.69) is 23.3 Å². The Morgan fingerprint density at radius 3 is 2.90 bits per heavy atom. The Morgan fingerprint density at radius 2 is 2.19 bits per heavy atom. The van der Waals surface area contributed by atoms with E-state index >= 15 is 0 Å². The Balaban J connectivity index is 2.07. The average molecular weight is 304 g/mol. The summed E-state index contributed by atoms with van der Waals surface area (Å²) in [4.78, 5) is 3.83. The lowest BCUT2D eigenvalue weighted by Gasteiger charge is -2.37. The second kappa shape index (κ2) is 5.43. The summed E-state index contributed by atoms with van der Waals surface area (Å²) in [7, 11) is 0. The quantitative estimate of drug-likeness (QED) is 0.894. The van der Waals surface area contributed by atoms with Gasteiger partial charge < -0.3 is 10.6 Å². The predicted octanol–water partition coefficient (Wildman–Crippen LogP) is 4.34. The molecule has 2 unspecified atom stereocenters. The molecule has 0 spiro atoms. The molecule has 4 heteroatoms. The molecule has 1 aromatic heterocycles. The van der Waals surface area contributed by atoms with Crippen LogP contribution in [0.2, 0.25) is 0 Å². The first-order valence-electron chi connectivity index (χ1n) is 7.37. The fraction of sp³-hybridized carbons (Fsp3) is 0.412. The number of rotatable bonds is 2. The van der Waals surface area contributed by atoms with Gasteiger partial charge in [0.25, 0.3) is 0 Å². The van der Waals surface area contributed by atoms with Crippen LogP contribution in [-0.2, 0) is 6.42 Å². The van der Waals surface area contributed by atoms with Crippen molar-refractivity contribution >= 4 is 17.0 Å². The molecule has 1 aliphatic rings. The summed E-state index contributed by atoms with van der Waals surface area (Å²) in [6.45, 7) is 6.90. The van der Waals surface area contributed by atoms with Crippen LogP contribution in [0.25, 0.3) is 0 Å². The molecule has 2 heterocycles. The highest BCUT2D eigenvalue weighted by molar-refractivity contribution is 7.10. The molecule has 0 saturated heterocycles. The van der Waals surface area contributed by atoms with E-state index in [9.17, 15) is 4.39 Å². The lowest BCUT2D eigenvalue weighted by Crippen LogP contribution is -2.34. The first-order chi connectivity index (χ1) is 9.99. The van der Waals surface area contributed by atoms with E-state index in [1.165, 1.54) is 10.4 Å². The van der Waals surface area contributed by atoms with Crippen LogP contribution >= 0.6 is 11.3 Å². The van der Waals surface area contributed by atoms with Gasteiger partial charge in [0, 0.05) is 23.2 Å². The Hall–Kier alpha value is -1.39. The van der Waals surface area contributed by atoms with E-state index in [0.29, 0.717) is 11.6 Å². The van der Waals surface area contributed by atoms with Crippen molar-refractivity contribution < 1.29 is 4.39 Å². The Morgan fingerprint density at radius 1 is 1.43 bits per heavy atom. The van der Waals surface area contributed by atoms with E-state index < -0.39 is 0 Å². The molecule has 0 radical (unpaired) electrons. The molecule has 0 fully saturated rings. The number of benzene rings is 1. The summed E-state index contributed by atoms with van der Waals surface area (Å²) >= 11 is 1.83. The summed E-state index contributed by atoms with van der Waals surface area (Å²) in [6.07, 6.45) is 1.05. The summed E-state index contributed by atoms with van der Waals surface area (Å²) in [5.74, 6) is -0.174. The third kappa shape index (κ3) is 2.47. The number of anilines is 1. The number of halogens is 1. The maximum absolute atomic E-state index is 13.9. The highest BCUT2D eigenvalue weighted by Gasteiger charge is 2.27. The molecule has 0 saturated carbocycles.